The second-order valence-corrected chi connectivity index (χ2v) is 8.07. The molecule has 0 unspecified atom stereocenters. The number of imide groups is 1. The van der Waals surface area contributed by atoms with Gasteiger partial charge in [0.05, 0.1) is 22.5 Å². The summed E-state index contributed by atoms with van der Waals surface area (Å²) in [6, 6.07) is 11.9. The minimum atomic E-state index is -1.22. The van der Waals surface area contributed by atoms with Crippen LogP contribution in [0, 0.1) is 0 Å². The first-order chi connectivity index (χ1) is 15.1. The van der Waals surface area contributed by atoms with E-state index >= 15 is 0 Å². The van der Waals surface area contributed by atoms with Crippen LogP contribution >= 0.6 is 0 Å². The molecule has 9 nitrogen and oxygen atoms in total. The van der Waals surface area contributed by atoms with Gasteiger partial charge in [0.1, 0.15) is 11.6 Å². The molecule has 0 aromatic heterocycles. The van der Waals surface area contributed by atoms with E-state index < -0.39 is 41.9 Å². The normalized spacial score (nSPS) is 17.4. The highest BCUT2D eigenvalue weighted by atomic mass is 16.5. The molecule has 2 heterocycles. The Balaban J connectivity index is 1.49. The van der Waals surface area contributed by atoms with Crippen LogP contribution in [-0.4, -0.2) is 52.7 Å². The van der Waals surface area contributed by atoms with Gasteiger partial charge in [0, 0.05) is 0 Å². The first-order valence-corrected chi connectivity index (χ1v) is 10.0. The van der Waals surface area contributed by atoms with Gasteiger partial charge >= 0.3 is 5.97 Å². The van der Waals surface area contributed by atoms with Crippen LogP contribution in [0.2, 0.25) is 0 Å². The second-order valence-electron chi connectivity index (χ2n) is 8.07. The molecule has 0 bridgehead atoms. The van der Waals surface area contributed by atoms with E-state index in [2.05, 4.69) is 5.32 Å². The molecule has 0 aliphatic carbocycles. The summed E-state index contributed by atoms with van der Waals surface area (Å²) in [6.07, 6.45) is 0. The highest BCUT2D eigenvalue weighted by Crippen LogP contribution is 2.36. The lowest BCUT2D eigenvalue weighted by Gasteiger charge is -2.41. The Kier molecular flexibility index (Phi) is 5.04. The van der Waals surface area contributed by atoms with Gasteiger partial charge in [0.2, 0.25) is 5.91 Å². The summed E-state index contributed by atoms with van der Waals surface area (Å²) in [5, 5.41) is 2.75. The first-order valence-electron chi connectivity index (χ1n) is 10.0. The van der Waals surface area contributed by atoms with Crippen molar-refractivity contribution < 1.29 is 28.7 Å². The number of amides is 4. The predicted octanol–water partition coefficient (Wildman–Crippen LogP) is 1.98. The molecule has 9 heteroatoms. The Bertz CT molecular complexity index is 1140. The molecular formula is C23H21N3O6. The largest absolute Gasteiger partial charge is 0.454 e. The molecule has 0 fully saturated rings. The van der Waals surface area contributed by atoms with Gasteiger partial charge in [-0.05, 0) is 45.0 Å². The molecule has 2 aromatic rings. The molecule has 0 saturated heterocycles. The van der Waals surface area contributed by atoms with Crippen molar-refractivity contribution in [1.82, 2.24) is 4.90 Å². The zero-order valence-corrected chi connectivity index (χ0v) is 17.7. The third kappa shape index (κ3) is 3.22. The van der Waals surface area contributed by atoms with Crippen LogP contribution in [0.5, 0.6) is 0 Å². The zero-order chi connectivity index (χ0) is 23.2. The summed E-state index contributed by atoms with van der Waals surface area (Å²) in [5.41, 5.74) is 0.158. The van der Waals surface area contributed by atoms with Crippen LogP contribution < -0.4 is 10.2 Å². The molecule has 0 spiro atoms. The molecule has 32 heavy (non-hydrogen) atoms. The van der Waals surface area contributed by atoms with Gasteiger partial charge < -0.3 is 10.1 Å². The molecule has 4 rings (SSSR count). The number of anilines is 2. The van der Waals surface area contributed by atoms with Crippen molar-refractivity contribution in [3.05, 3.63) is 59.7 Å². The lowest BCUT2D eigenvalue weighted by atomic mass is 9.96. The molecule has 0 saturated carbocycles. The molecule has 2 aliphatic heterocycles. The Hall–Kier alpha value is -4.01. The Morgan fingerprint density at radius 1 is 0.969 bits per heavy atom. The maximum absolute atomic E-state index is 13.0. The highest BCUT2D eigenvalue weighted by molar-refractivity contribution is 6.22. The Labute approximate surface area is 183 Å². The van der Waals surface area contributed by atoms with Crippen molar-refractivity contribution in [2.45, 2.75) is 32.4 Å². The fourth-order valence-electron chi connectivity index (χ4n) is 3.88. The lowest BCUT2D eigenvalue weighted by Crippen LogP contribution is -2.59. The number of hydrogen-bond donors (Lipinski definition) is 1. The van der Waals surface area contributed by atoms with Crippen molar-refractivity contribution in [1.29, 1.82) is 0 Å². The average Bonchev–Trinajstić information content (AvgIpc) is 3.02. The third-order valence-corrected chi connectivity index (χ3v) is 5.65. The Morgan fingerprint density at radius 3 is 2.16 bits per heavy atom. The van der Waals surface area contributed by atoms with E-state index in [4.69, 9.17) is 4.74 Å². The first kappa shape index (κ1) is 21.2. The van der Waals surface area contributed by atoms with Gasteiger partial charge in [-0.25, -0.2) is 4.79 Å². The van der Waals surface area contributed by atoms with Crippen LogP contribution in [0.4, 0.5) is 11.4 Å². The number of carbonyl (C=O) groups is 5. The summed E-state index contributed by atoms with van der Waals surface area (Å²) in [4.78, 5) is 65.4. The molecular weight excluding hydrogens is 414 g/mol. The van der Waals surface area contributed by atoms with E-state index in [1.54, 1.807) is 50.2 Å². The van der Waals surface area contributed by atoms with Gasteiger partial charge in [-0.15, -0.1) is 0 Å². The summed E-state index contributed by atoms with van der Waals surface area (Å²) in [7, 11) is 0. The predicted molar refractivity (Wildman–Crippen MR) is 114 cm³/mol. The fourth-order valence-corrected chi connectivity index (χ4v) is 3.88. The number of rotatable bonds is 4. The smallest absolute Gasteiger partial charge is 0.329 e. The van der Waals surface area contributed by atoms with Crippen LogP contribution in [0.15, 0.2) is 48.5 Å². The fraction of sp³-hybridized carbons (Fsp3) is 0.261. The number of esters is 1. The van der Waals surface area contributed by atoms with Crippen molar-refractivity contribution in [2.75, 3.05) is 16.8 Å². The van der Waals surface area contributed by atoms with E-state index in [9.17, 15) is 24.0 Å². The van der Waals surface area contributed by atoms with E-state index in [0.717, 1.165) is 4.90 Å². The average molecular weight is 435 g/mol. The molecule has 0 radical (unpaired) electrons. The zero-order valence-electron chi connectivity index (χ0n) is 17.7. The molecule has 2 aromatic carbocycles. The number of ether oxygens (including phenoxy) is 1. The summed E-state index contributed by atoms with van der Waals surface area (Å²) >= 11 is 0. The van der Waals surface area contributed by atoms with Crippen LogP contribution in [0.25, 0.3) is 0 Å². The number of nitrogens with zero attached hydrogens (tertiary/aromatic N) is 2. The van der Waals surface area contributed by atoms with Crippen molar-refractivity contribution in [3.8, 4) is 0 Å². The lowest BCUT2D eigenvalue weighted by molar-refractivity contribution is -0.151. The van der Waals surface area contributed by atoms with Crippen LogP contribution in [0.1, 0.15) is 41.5 Å². The Morgan fingerprint density at radius 2 is 1.53 bits per heavy atom. The van der Waals surface area contributed by atoms with Gasteiger partial charge in [0.15, 0.2) is 6.61 Å². The van der Waals surface area contributed by atoms with E-state index in [1.807, 2.05) is 0 Å². The molecule has 1 N–H and O–H groups in total. The molecule has 4 amide bonds. The van der Waals surface area contributed by atoms with E-state index in [1.165, 1.54) is 24.0 Å². The number of para-hydroxylation sites is 2. The summed E-state index contributed by atoms with van der Waals surface area (Å²) in [6.45, 7) is 3.87. The van der Waals surface area contributed by atoms with Gasteiger partial charge in [-0.3, -0.25) is 29.0 Å². The summed E-state index contributed by atoms with van der Waals surface area (Å²) < 4.78 is 5.16. The highest BCUT2D eigenvalue weighted by Gasteiger charge is 2.45. The van der Waals surface area contributed by atoms with Crippen LogP contribution in [-0.2, 0) is 19.1 Å². The maximum Gasteiger partial charge on any atom is 0.329 e. The number of nitrogens with one attached hydrogen (secondary N) is 1. The quantitative estimate of drug-likeness (QED) is 0.580. The van der Waals surface area contributed by atoms with Gasteiger partial charge in [-0.2, -0.15) is 0 Å². The molecule has 1 atom stereocenters. The van der Waals surface area contributed by atoms with Crippen molar-refractivity contribution >= 4 is 41.0 Å². The second kappa shape index (κ2) is 7.60. The number of benzene rings is 2. The molecule has 2 aliphatic rings. The summed E-state index contributed by atoms with van der Waals surface area (Å²) in [5.74, 6) is -3.08. The standard InChI is InChI=1S/C23H21N3O6/c1-13(25-19(28)14-8-4-5-9-15(14)20(25)29)21(30)32-12-18(27)26-17-11-7-6-10-16(17)24-22(31)23(26,2)3/h4-11,13H,12H2,1-3H3,(H,24,31)/t13-/m0/s1. The van der Waals surface area contributed by atoms with Crippen molar-refractivity contribution in [2.24, 2.45) is 0 Å². The van der Waals surface area contributed by atoms with Gasteiger partial charge in [-0.1, -0.05) is 24.3 Å². The maximum atomic E-state index is 13.0. The topological polar surface area (TPSA) is 113 Å². The SMILES string of the molecule is C[C@@H](C(=O)OCC(=O)N1c2ccccc2NC(=O)C1(C)C)N1C(=O)c2ccccc2C1=O. The van der Waals surface area contributed by atoms with Crippen molar-refractivity contribution in [3.63, 3.8) is 0 Å². The molecule has 164 valence electrons. The number of fused-ring (bicyclic) bond motifs is 2. The minimum Gasteiger partial charge on any atom is -0.454 e. The van der Waals surface area contributed by atoms with E-state index in [0.29, 0.717) is 11.4 Å². The number of carbonyl (C=O) groups excluding carboxylic acids is 5. The third-order valence-electron chi connectivity index (χ3n) is 5.65. The monoisotopic (exact) mass is 435 g/mol. The minimum absolute atomic E-state index is 0.214. The van der Waals surface area contributed by atoms with E-state index in [-0.39, 0.29) is 17.0 Å². The van der Waals surface area contributed by atoms with Crippen LogP contribution in [0.3, 0.4) is 0 Å². The number of hydrogen-bond acceptors (Lipinski definition) is 6. The van der Waals surface area contributed by atoms with Gasteiger partial charge in [0.25, 0.3) is 17.7 Å².